The molecule has 31 heavy (non-hydrogen) atoms. The van der Waals surface area contributed by atoms with Gasteiger partial charge in [-0.05, 0) is 56.5 Å². The van der Waals surface area contributed by atoms with E-state index in [4.69, 9.17) is 13.9 Å². The molecule has 1 saturated carbocycles. The Labute approximate surface area is 182 Å². The summed E-state index contributed by atoms with van der Waals surface area (Å²) in [5, 5.41) is 3.21. The van der Waals surface area contributed by atoms with Crippen molar-refractivity contribution in [3.8, 4) is 11.5 Å². The lowest BCUT2D eigenvalue weighted by molar-refractivity contribution is -0.133. The second-order valence-corrected chi connectivity index (χ2v) is 8.47. The summed E-state index contributed by atoms with van der Waals surface area (Å²) in [6.07, 6.45) is 7.48. The van der Waals surface area contributed by atoms with Crippen LogP contribution in [-0.4, -0.2) is 35.1 Å². The van der Waals surface area contributed by atoms with E-state index in [1.54, 1.807) is 35.4 Å². The van der Waals surface area contributed by atoms with E-state index in [0.717, 1.165) is 25.7 Å². The van der Waals surface area contributed by atoms with Crippen LogP contribution < -0.4 is 14.8 Å². The van der Waals surface area contributed by atoms with Crippen molar-refractivity contribution in [1.82, 2.24) is 10.2 Å². The summed E-state index contributed by atoms with van der Waals surface area (Å²) in [6, 6.07) is 8.87. The number of fused-ring (bicyclic) bond motifs is 1. The third kappa shape index (κ3) is 4.40. The van der Waals surface area contributed by atoms with E-state index >= 15 is 0 Å². The first-order chi connectivity index (χ1) is 15.0. The van der Waals surface area contributed by atoms with Crippen LogP contribution in [0.3, 0.4) is 0 Å². The quantitative estimate of drug-likeness (QED) is 0.715. The van der Waals surface area contributed by atoms with Gasteiger partial charge in [0.2, 0.25) is 12.7 Å². The largest absolute Gasteiger partial charge is 0.467 e. The van der Waals surface area contributed by atoms with Crippen molar-refractivity contribution in [2.45, 2.75) is 70.5 Å². The van der Waals surface area contributed by atoms with Gasteiger partial charge in [-0.15, -0.1) is 0 Å². The van der Waals surface area contributed by atoms with Crippen LogP contribution in [0.4, 0.5) is 0 Å². The number of hydrogen-bond donors (Lipinski definition) is 1. The van der Waals surface area contributed by atoms with Crippen molar-refractivity contribution in [3.05, 3.63) is 47.9 Å². The lowest BCUT2D eigenvalue weighted by atomic mass is 9.90. The Morgan fingerprint density at radius 2 is 1.90 bits per heavy atom. The van der Waals surface area contributed by atoms with E-state index in [1.165, 1.54) is 6.42 Å². The molecule has 0 saturated heterocycles. The molecular formula is C24H30N2O5. The molecule has 2 amide bonds. The molecule has 2 aromatic rings. The van der Waals surface area contributed by atoms with Crippen LogP contribution in [0.5, 0.6) is 11.5 Å². The Morgan fingerprint density at radius 3 is 2.61 bits per heavy atom. The van der Waals surface area contributed by atoms with Crippen LogP contribution >= 0.6 is 0 Å². The average Bonchev–Trinajstić information content (AvgIpc) is 3.48. The van der Waals surface area contributed by atoms with Gasteiger partial charge in [-0.3, -0.25) is 9.59 Å². The summed E-state index contributed by atoms with van der Waals surface area (Å²) >= 11 is 0. The summed E-state index contributed by atoms with van der Waals surface area (Å²) in [6.45, 7) is 4.10. The van der Waals surface area contributed by atoms with E-state index in [2.05, 4.69) is 5.32 Å². The zero-order valence-electron chi connectivity index (χ0n) is 18.2. The molecule has 2 aliphatic rings. The lowest BCUT2D eigenvalue weighted by Crippen LogP contribution is -2.59. The van der Waals surface area contributed by atoms with Gasteiger partial charge in [0, 0.05) is 11.6 Å². The van der Waals surface area contributed by atoms with Gasteiger partial charge in [0.25, 0.3) is 5.91 Å². The number of carbonyl (C=O) groups excluding carboxylic acids is 2. The minimum Gasteiger partial charge on any atom is -0.467 e. The van der Waals surface area contributed by atoms with Crippen LogP contribution in [0.15, 0.2) is 41.0 Å². The summed E-state index contributed by atoms with van der Waals surface area (Å²) in [5.41, 5.74) is -0.585. The summed E-state index contributed by atoms with van der Waals surface area (Å²) in [7, 11) is 0. The zero-order valence-corrected chi connectivity index (χ0v) is 18.2. The fraction of sp³-hybridized carbons (Fsp3) is 0.500. The Kier molecular flexibility index (Phi) is 6.20. The minimum absolute atomic E-state index is 0.123. The summed E-state index contributed by atoms with van der Waals surface area (Å²) < 4.78 is 16.3. The van der Waals surface area contributed by atoms with Crippen molar-refractivity contribution < 1.29 is 23.5 Å². The molecule has 0 unspecified atom stereocenters. The minimum atomic E-state index is -1.03. The van der Waals surface area contributed by atoms with Crippen molar-refractivity contribution >= 4 is 11.8 Å². The predicted octanol–water partition coefficient (Wildman–Crippen LogP) is 4.27. The molecular weight excluding hydrogens is 396 g/mol. The number of benzene rings is 1. The van der Waals surface area contributed by atoms with Gasteiger partial charge in [-0.2, -0.15) is 0 Å². The molecule has 166 valence electrons. The number of nitrogens with zero attached hydrogens (tertiary/aromatic N) is 1. The van der Waals surface area contributed by atoms with E-state index in [1.807, 2.05) is 19.9 Å². The monoisotopic (exact) mass is 426 g/mol. The molecule has 7 nitrogen and oxygen atoms in total. The second-order valence-electron chi connectivity index (χ2n) is 8.47. The molecule has 4 rings (SSSR count). The Morgan fingerprint density at radius 1 is 1.13 bits per heavy atom. The Bertz CT molecular complexity index is 920. The number of ether oxygens (including phenoxy) is 2. The molecule has 1 fully saturated rings. The van der Waals surface area contributed by atoms with E-state index < -0.39 is 5.54 Å². The maximum absolute atomic E-state index is 13.7. The van der Waals surface area contributed by atoms with Gasteiger partial charge >= 0.3 is 0 Å². The van der Waals surface area contributed by atoms with Crippen LogP contribution in [0.1, 0.15) is 68.5 Å². The molecule has 1 aromatic heterocycles. The van der Waals surface area contributed by atoms with Crippen molar-refractivity contribution in [2.24, 2.45) is 0 Å². The second kappa shape index (κ2) is 9.04. The highest BCUT2D eigenvalue weighted by molar-refractivity contribution is 5.99. The van der Waals surface area contributed by atoms with E-state index in [9.17, 15) is 9.59 Å². The van der Waals surface area contributed by atoms with Crippen LogP contribution in [-0.2, 0) is 11.3 Å². The molecule has 0 bridgehead atoms. The van der Waals surface area contributed by atoms with E-state index in [-0.39, 0.29) is 31.2 Å². The molecule has 1 aliphatic carbocycles. The number of rotatable bonds is 7. The topological polar surface area (TPSA) is 81.0 Å². The van der Waals surface area contributed by atoms with Gasteiger partial charge in [-0.25, -0.2) is 0 Å². The normalized spacial score (nSPS) is 17.7. The molecule has 1 N–H and O–H groups in total. The first-order valence-corrected chi connectivity index (χ1v) is 11.1. The lowest BCUT2D eigenvalue weighted by Gasteiger charge is -2.40. The van der Waals surface area contributed by atoms with Crippen molar-refractivity contribution in [2.75, 3.05) is 6.79 Å². The highest BCUT2D eigenvalue weighted by atomic mass is 16.7. The maximum atomic E-state index is 13.7. The maximum Gasteiger partial charge on any atom is 0.255 e. The first kappa shape index (κ1) is 21.3. The van der Waals surface area contributed by atoms with Crippen LogP contribution in [0.25, 0.3) is 0 Å². The summed E-state index contributed by atoms with van der Waals surface area (Å²) in [4.78, 5) is 28.8. The molecule has 7 heteroatoms. The van der Waals surface area contributed by atoms with Crippen LogP contribution in [0.2, 0.25) is 0 Å². The molecule has 1 atom stereocenters. The third-order valence-electron chi connectivity index (χ3n) is 6.47. The predicted molar refractivity (Wildman–Crippen MR) is 115 cm³/mol. The molecule has 0 radical (unpaired) electrons. The average molecular weight is 427 g/mol. The number of furan rings is 1. The molecule has 2 heterocycles. The molecule has 1 aromatic carbocycles. The van der Waals surface area contributed by atoms with Gasteiger partial charge in [0.1, 0.15) is 11.3 Å². The Hall–Kier alpha value is -2.96. The zero-order chi connectivity index (χ0) is 21.8. The smallest absolute Gasteiger partial charge is 0.255 e. The van der Waals surface area contributed by atoms with Crippen LogP contribution in [0, 0.1) is 0 Å². The standard InChI is InChI=1S/C24H30N2O5/c1-3-24(2,23(28)25-18-8-5-4-6-9-18)26(15-19-10-7-13-29-19)22(27)17-11-12-20-21(14-17)31-16-30-20/h7,10-14,18H,3-6,8-9,15-16H2,1-2H3,(H,25,28)/t24-/m1/s1. The molecule has 0 spiro atoms. The SMILES string of the molecule is CC[C@](C)(C(=O)NC1CCCCC1)N(Cc1ccco1)C(=O)c1ccc2c(c1)OCO2. The Balaban J connectivity index is 1.63. The summed E-state index contributed by atoms with van der Waals surface area (Å²) in [5.74, 6) is 1.40. The number of amides is 2. The number of carbonyl (C=O) groups is 2. The third-order valence-corrected chi connectivity index (χ3v) is 6.47. The number of hydrogen-bond acceptors (Lipinski definition) is 5. The van der Waals surface area contributed by atoms with Gasteiger partial charge in [0.15, 0.2) is 11.5 Å². The van der Waals surface area contributed by atoms with Gasteiger partial charge in [-0.1, -0.05) is 26.2 Å². The fourth-order valence-electron chi connectivity index (χ4n) is 4.28. The fourth-order valence-corrected chi connectivity index (χ4v) is 4.28. The van der Waals surface area contributed by atoms with Gasteiger partial charge < -0.3 is 24.1 Å². The number of nitrogens with one attached hydrogen (secondary N) is 1. The molecule has 1 aliphatic heterocycles. The van der Waals surface area contributed by atoms with Crippen molar-refractivity contribution in [1.29, 1.82) is 0 Å². The van der Waals surface area contributed by atoms with Gasteiger partial charge in [0.05, 0.1) is 12.8 Å². The van der Waals surface area contributed by atoms with Crippen molar-refractivity contribution in [3.63, 3.8) is 0 Å². The highest BCUT2D eigenvalue weighted by Crippen LogP contribution is 2.34. The first-order valence-electron chi connectivity index (χ1n) is 11.1. The highest BCUT2D eigenvalue weighted by Gasteiger charge is 2.42. The van der Waals surface area contributed by atoms with E-state index in [0.29, 0.717) is 29.2 Å².